The van der Waals surface area contributed by atoms with Crippen molar-refractivity contribution in [3.63, 3.8) is 0 Å². The molecule has 0 heteroatoms. The molecule has 0 aliphatic heterocycles. The Morgan fingerprint density at radius 2 is 0.680 bits per heavy atom. The van der Waals surface area contributed by atoms with E-state index in [2.05, 4.69) is 152 Å². The number of rotatable bonds is 0. The minimum absolute atomic E-state index is 0.0962. The molecule has 4 bridgehead atoms. The predicted molar refractivity (Wildman–Crippen MR) is 213 cm³/mol. The minimum Gasteiger partial charge on any atom is -0.0616 e. The second kappa shape index (κ2) is 12.5. The van der Waals surface area contributed by atoms with Crippen molar-refractivity contribution in [2.45, 2.75) is 66.2 Å². The Morgan fingerprint density at radius 1 is 0.360 bits per heavy atom. The van der Waals surface area contributed by atoms with Crippen molar-refractivity contribution >= 4 is 64.6 Å². The van der Waals surface area contributed by atoms with Crippen molar-refractivity contribution in [3.8, 4) is 0 Å². The molecule has 0 N–H and O–H groups in total. The first kappa shape index (κ1) is 32.6. The van der Waals surface area contributed by atoms with Gasteiger partial charge >= 0.3 is 0 Å². The van der Waals surface area contributed by atoms with Gasteiger partial charge in [-0.2, -0.15) is 0 Å². The van der Waals surface area contributed by atoms with Gasteiger partial charge in [-0.15, -0.1) is 0 Å². The van der Waals surface area contributed by atoms with Gasteiger partial charge in [-0.1, -0.05) is 139 Å². The third-order valence-electron chi connectivity index (χ3n) is 9.80. The normalized spacial score (nSPS) is 11.4. The molecule has 0 nitrogen and oxygen atoms in total. The van der Waals surface area contributed by atoms with E-state index in [4.69, 9.17) is 0 Å². The summed E-state index contributed by atoms with van der Waals surface area (Å²) in [6.45, 7) is 18.2. The Balaban J connectivity index is 1.93. The van der Waals surface area contributed by atoms with Gasteiger partial charge in [0.2, 0.25) is 0 Å². The Labute approximate surface area is 297 Å². The van der Waals surface area contributed by atoms with E-state index in [1.807, 2.05) is 48.5 Å². The summed E-state index contributed by atoms with van der Waals surface area (Å²) in [5.74, 6) is 0. The molecule has 0 heterocycles. The molecule has 0 atom stereocenters. The van der Waals surface area contributed by atoms with Gasteiger partial charge in [-0.25, -0.2) is 0 Å². The van der Waals surface area contributed by atoms with Crippen LogP contribution in [0.15, 0.2) is 97.1 Å². The number of hydrogen-bond donors (Lipinski definition) is 0. The van der Waals surface area contributed by atoms with E-state index in [9.17, 15) is 0 Å². The van der Waals surface area contributed by atoms with Gasteiger partial charge in [0.1, 0.15) is 0 Å². The monoisotopic (exact) mass is 640 g/mol. The summed E-state index contributed by atoms with van der Waals surface area (Å²) in [5.41, 5.74) is 4.70. The zero-order chi connectivity index (χ0) is 35.2. The average molecular weight is 641 g/mol. The number of fused-ring (bicyclic) bond motifs is 12. The topological polar surface area (TPSA) is 0 Å². The first-order valence-corrected chi connectivity index (χ1v) is 17.3. The third-order valence-corrected chi connectivity index (χ3v) is 9.80. The first-order valence-electron chi connectivity index (χ1n) is 17.3. The molecule has 50 heavy (non-hydrogen) atoms. The molecular weight excluding hydrogens is 601 g/mol. The summed E-state index contributed by atoms with van der Waals surface area (Å²) in [6, 6.07) is 61.9. The van der Waals surface area contributed by atoms with E-state index >= 15 is 0 Å². The first-order chi connectivity index (χ1) is 23.9. The van der Waals surface area contributed by atoms with Crippen molar-refractivity contribution in [2.75, 3.05) is 0 Å². The highest BCUT2D eigenvalue weighted by atomic mass is 14.2. The summed E-state index contributed by atoms with van der Waals surface area (Å²) >= 11 is 0. The molecule has 0 aliphatic carbocycles. The van der Waals surface area contributed by atoms with Crippen LogP contribution in [-0.2, 0) is 10.8 Å². The van der Waals surface area contributed by atoms with Crippen LogP contribution >= 0.6 is 0 Å². The Bertz CT molecular complexity index is 2440. The van der Waals surface area contributed by atoms with E-state index in [0.29, 0.717) is 0 Å². The van der Waals surface area contributed by atoms with Crippen LogP contribution in [0.2, 0.25) is 0 Å². The van der Waals surface area contributed by atoms with Crippen molar-refractivity contribution in [1.82, 2.24) is 0 Å². The minimum atomic E-state index is -0.0962. The van der Waals surface area contributed by atoms with E-state index in [1.54, 1.807) is 0 Å². The maximum absolute atomic E-state index is 3.74. The summed E-state index contributed by atoms with van der Waals surface area (Å²) < 4.78 is 0. The van der Waals surface area contributed by atoms with E-state index < -0.39 is 0 Å². The highest BCUT2D eigenvalue weighted by Crippen LogP contribution is 2.38. The Hall–Kier alpha value is -5.92. The second-order valence-corrected chi connectivity index (χ2v) is 15.3. The zero-order valence-corrected chi connectivity index (χ0v) is 30.2. The molecule has 0 amide bonds. The lowest BCUT2D eigenvalue weighted by atomic mass is 9.82. The van der Waals surface area contributed by atoms with E-state index in [-0.39, 0.29) is 10.8 Å². The highest BCUT2D eigenvalue weighted by Gasteiger charge is 2.20. The lowest BCUT2D eigenvalue weighted by Crippen LogP contribution is -2.11. The van der Waals surface area contributed by atoms with Crippen LogP contribution in [0.1, 0.15) is 63.8 Å². The SMILES string of the molecule is Cc1c2cc(C(C)(C)C)cc1c1ccccc1c1cc(C(C)(C)C)cc(c1C)c1c#cc3ccccc3c#cc#cc3ccccc3c#cc21. The van der Waals surface area contributed by atoms with E-state index in [0.717, 1.165) is 43.1 Å². The molecule has 7 aromatic rings. The maximum Gasteiger partial charge on any atom is 0.0487 e. The van der Waals surface area contributed by atoms with Crippen LogP contribution in [-0.4, -0.2) is 0 Å². The molecule has 0 aromatic heterocycles. The fourth-order valence-electron chi connectivity index (χ4n) is 6.71. The molecule has 0 spiro atoms. The summed E-state index contributed by atoms with van der Waals surface area (Å²) in [6.07, 6.45) is 0. The van der Waals surface area contributed by atoms with Crippen LogP contribution in [0.5, 0.6) is 0 Å². The van der Waals surface area contributed by atoms with Crippen molar-refractivity contribution in [2.24, 2.45) is 0 Å². The van der Waals surface area contributed by atoms with Gasteiger partial charge in [0.15, 0.2) is 0 Å². The van der Waals surface area contributed by atoms with Crippen molar-refractivity contribution < 1.29 is 0 Å². The van der Waals surface area contributed by atoms with Crippen LogP contribution in [0.3, 0.4) is 0 Å². The molecular formula is C50H40. The number of aryl methyl sites for hydroxylation is 2. The molecule has 7 rings (SSSR count). The van der Waals surface area contributed by atoms with Crippen LogP contribution in [0.25, 0.3) is 64.6 Å². The largest absolute Gasteiger partial charge is 0.0616 e. The molecule has 0 fully saturated rings. The van der Waals surface area contributed by atoms with E-state index in [1.165, 1.54) is 43.8 Å². The summed E-state index contributed by atoms with van der Waals surface area (Å²) in [7, 11) is 0. The van der Waals surface area contributed by atoms with Crippen molar-refractivity contribution in [3.05, 3.63) is 168 Å². The summed E-state index contributed by atoms with van der Waals surface area (Å²) in [5, 5.41) is 12.4. The van der Waals surface area contributed by atoms with Crippen LogP contribution in [0.4, 0.5) is 0 Å². The average Bonchev–Trinajstić information content (AvgIpc) is 3.08. The lowest BCUT2D eigenvalue weighted by Gasteiger charge is -2.22. The van der Waals surface area contributed by atoms with Gasteiger partial charge in [-0.05, 0) is 128 Å². The van der Waals surface area contributed by atoms with Gasteiger partial charge < -0.3 is 0 Å². The van der Waals surface area contributed by atoms with Gasteiger partial charge in [0.25, 0.3) is 0 Å². The maximum atomic E-state index is 3.74. The molecule has 7 aromatic carbocycles. The summed E-state index contributed by atoms with van der Waals surface area (Å²) in [4.78, 5) is 0. The quantitative estimate of drug-likeness (QED) is 0.155. The molecule has 0 aliphatic rings. The Morgan fingerprint density at radius 3 is 1.04 bits per heavy atom. The van der Waals surface area contributed by atoms with Crippen LogP contribution < -0.4 is 0 Å². The fourth-order valence-corrected chi connectivity index (χ4v) is 6.71. The molecule has 0 unspecified atom stereocenters. The molecule has 0 saturated heterocycles. The predicted octanol–water partition coefficient (Wildman–Crippen LogP) is 13.0. The standard InChI is InChI=1S/C50H40/c1-33-45-29-39(49(3,4)5)31-47(33)43-27-25-37-21-13-11-19-35(37)17-9-10-18-36-20-12-14-22-38(36)26-28-44(43)48-32-40(50(6,7)8)30-46(34(48)2)42-24-16-15-23-41(42)45/h11-16,19-24,29-32H,1-8H3. The second-order valence-electron chi connectivity index (χ2n) is 15.3. The molecule has 0 radical (unpaired) electrons. The van der Waals surface area contributed by atoms with Crippen LogP contribution in [0, 0.1) is 62.4 Å². The zero-order valence-electron chi connectivity index (χ0n) is 30.2. The third kappa shape index (κ3) is 6.08. The highest BCUT2D eigenvalue weighted by molar-refractivity contribution is 6.16. The lowest BCUT2D eigenvalue weighted by molar-refractivity contribution is 0.591. The molecule has 240 valence electrons. The van der Waals surface area contributed by atoms with Gasteiger partial charge in [0, 0.05) is 32.3 Å². The number of benzene rings is 5. The molecule has 0 saturated carbocycles. The number of hydrogen-bond acceptors (Lipinski definition) is 0. The fraction of sp³-hybridized carbons (Fsp3) is 0.200. The van der Waals surface area contributed by atoms with Crippen molar-refractivity contribution in [1.29, 1.82) is 0 Å². The Kier molecular flexibility index (Phi) is 8.16. The smallest absolute Gasteiger partial charge is 0.0487 e. The van der Waals surface area contributed by atoms with Gasteiger partial charge in [0.05, 0.1) is 0 Å². The van der Waals surface area contributed by atoms with Gasteiger partial charge in [-0.3, -0.25) is 0 Å².